The highest BCUT2D eigenvalue weighted by Crippen LogP contribution is 2.38. The topological polar surface area (TPSA) is 82.5 Å². The van der Waals surface area contributed by atoms with Crippen molar-refractivity contribution < 1.29 is 24.8 Å². The maximum atomic E-state index is 10.5. The summed E-state index contributed by atoms with van der Waals surface area (Å²) in [4.78, 5) is 0. The largest absolute Gasteiger partial charge is 0.393 e. The first-order chi connectivity index (χ1) is 12.3. The lowest BCUT2D eigenvalue weighted by Gasteiger charge is -2.38. The van der Waals surface area contributed by atoms with Crippen LogP contribution in [0, 0.1) is 11.8 Å². The van der Waals surface area contributed by atoms with Gasteiger partial charge < -0.3 is 24.8 Å². The van der Waals surface area contributed by atoms with Crippen molar-refractivity contribution in [3.05, 3.63) is 11.0 Å². The Morgan fingerprint density at radius 3 is 2.62 bits per heavy atom. The molecule has 2 rings (SSSR count). The van der Waals surface area contributed by atoms with Crippen LogP contribution in [0.5, 0.6) is 0 Å². The third-order valence-electron chi connectivity index (χ3n) is 5.60. The van der Waals surface area contributed by atoms with Crippen LogP contribution in [0.4, 0.5) is 0 Å². The highest BCUT2D eigenvalue weighted by molar-refractivity contribution is 8.02. The minimum atomic E-state index is -0.871. The zero-order valence-electron chi connectivity index (χ0n) is 16.5. The molecule has 6 heteroatoms. The van der Waals surface area contributed by atoms with Gasteiger partial charge in [0.15, 0.2) is 0 Å². The minimum Gasteiger partial charge on any atom is -0.393 e. The summed E-state index contributed by atoms with van der Waals surface area (Å²) in [7, 11) is 0. The Morgan fingerprint density at radius 1 is 1.23 bits per heavy atom. The maximum Gasteiger partial charge on any atom is 0.107 e. The van der Waals surface area contributed by atoms with E-state index in [0.717, 1.165) is 5.75 Å². The van der Waals surface area contributed by atoms with Crippen molar-refractivity contribution >= 4 is 11.8 Å². The third kappa shape index (κ3) is 6.21. The molecule has 0 radical (unpaired) electrons. The van der Waals surface area contributed by atoms with Gasteiger partial charge in [-0.05, 0) is 44.3 Å². The van der Waals surface area contributed by atoms with Crippen LogP contribution in [0.15, 0.2) is 11.0 Å². The van der Waals surface area contributed by atoms with Gasteiger partial charge in [-0.1, -0.05) is 25.8 Å². The highest BCUT2D eigenvalue weighted by atomic mass is 32.2. The van der Waals surface area contributed by atoms with Gasteiger partial charge in [-0.25, -0.2) is 0 Å². The molecule has 0 bridgehead atoms. The summed E-state index contributed by atoms with van der Waals surface area (Å²) in [6.45, 7) is 8.41. The number of rotatable bonds is 10. The fourth-order valence-corrected chi connectivity index (χ4v) is 4.46. The van der Waals surface area contributed by atoms with Crippen molar-refractivity contribution in [2.75, 3.05) is 12.4 Å². The van der Waals surface area contributed by atoms with E-state index in [0.29, 0.717) is 19.4 Å². The predicted octanol–water partition coefficient (Wildman–Crippen LogP) is 2.72. The van der Waals surface area contributed by atoms with E-state index in [2.05, 4.69) is 12.3 Å². The van der Waals surface area contributed by atoms with Crippen molar-refractivity contribution in [1.82, 2.24) is 0 Å². The summed E-state index contributed by atoms with van der Waals surface area (Å²) in [5, 5.41) is 32.8. The van der Waals surface area contributed by atoms with Crippen LogP contribution in [0.1, 0.15) is 53.4 Å². The summed E-state index contributed by atoms with van der Waals surface area (Å²) in [5.74, 6) is 1.07. The van der Waals surface area contributed by atoms with Crippen molar-refractivity contribution in [2.24, 2.45) is 11.8 Å². The van der Waals surface area contributed by atoms with E-state index in [4.69, 9.17) is 9.47 Å². The summed E-state index contributed by atoms with van der Waals surface area (Å²) in [5.41, 5.74) is 1.18. The minimum absolute atomic E-state index is 0.0439. The lowest BCUT2D eigenvalue weighted by Crippen LogP contribution is -2.50. The first-order valence-electron chi connectivity index (χ1n) is 9.93. The summed E-state index contributed by atoms with van der Waals surface area (Å²) in [6, 6.07) is 0. The van der Waals surface area contributed by atoms with Crippen LogP contribution in [0.25, 0.3) is 0 Å². The molecule has 0 aromatic carbocycles. The van der Waals surface area contributed by atoms with Gasteiger partial charge in [0.25, 0.3) is 0 Å². The lowest BCUT2D eigenvalue weighted by molar-refractivity contribution is -0.165. The molecule has 0 aromatic heterocycles. The van der Waals surface area contributed by atoms with Gasteiger partial charge >= 0.3 is 0 Å². The SMILES string of the molecule is CCCCS/C=C(/C)C[C@@H]1OCC(C[C@@H]2O[C@H]2[C@@H](C)[C@H](C)O)[C@@H](O)[C@H]1O. The zero-order chi connectivity index (χ0) is 19.3. The van der Waals surface area contributed by atoms with E-state index in [-0.39, 0.29) is 30.1 Å². The molecule has 3 N–H and O–H groups in total. The number of unbranched alkanes of at least 4 members (excludes halogenated alkanes) is 1. The molecule has 152 valence electrons. The second-order valence-electron chi connectivity index (χ2n) is 7.98. The standard InChI is InChI=1S/C20H36O5S/c1-5-6-7-26-11-12(2)8-16-19(23)18(22)15(10-24-16)9-17-20(25-17)13(3)14(4)21/h11,13-23H,5-10H2,1-4H3/b12-11-/t13-,14-,15?,16-,17-,18+,19-,20-/m0/s1. The average Bonchev–Trinajstić information content (AvgIpc) is 3.36. The van der Waals surface area contributed by atoms with E-state index in [9.17, 15) is 15.3 Å². The molecule has 0 amide bonds. The van der Waals surface area contributed by atoms with Crippen LogP contribution in [-0.2, 0) is 9.47 Å². The second-order valence-corrected chi connectivity index (χ2v) is 8.96. The Morgan fingerprint density at radius 2 is 1.96 bits per heavy atom. The van der Waals surface area contributed by atoms with Crippen LogP contribution in [0.2, 0.25) is 0 Å². The molecule has 5 nitrogen and oxygen atoms in total. The number of thioether (sulfide) groups is 1. The predicted molar refractivity (Wildman–Crippen MR) is 105 cm³/mol. The number of hydrogen-bond acceptors (Lipinski definition) is 6. The number of aliphatic hydroxyl groups is 3. The summed E-state index contributed by atoms with van der Waals surface area (Å²) >= 11 is 1.80. The molecule has 0 aromatic rings. The molecule has 2 aliphatic heterocycles. The van der Waals surface area contributed by atoms with E-state index in [1.807, 2.05) is 13.8 Å². The number of ether oxygens (including phenoxy) is 2. The van der Waals surface area contributed by atoms with Crippen molar-refractivity contribution in [2.45, 2.75) is 90.0 Å². The van der Waals surface area contributed by atoms with E-state index >= 15 is 0 Å². The molecular weight excluding hydrogens is 352 g/mol. The lowest BCUT2D eigenvalue weighted by atomic mass is 9.85. The van der Waals surface area contributed by atoms with Crippen molar-refractivity contribution in [3.63, 3.8) is 0 Å². The fraction of sp³-hybridized carbons (Fsp3) is 0.900. The van der Waals surface area contributed by atoms with Gasteiger partial charge in [-0.3, -0.25) is 0 Å². The normalized spacial score (nSPS) is 37.4. The zero-order valence-corrected chi connectivity index (χ0v) is 17.3. The fourth-order valence-electron chi connectivity index (χ4n) is 3.51. The molecule has 2 saturated heterocycles. The smallest absolute Gasteiger partial charge is 0.107 e. The molecule has 2 heterocycles. The number of aliphatic hydroxyl groups excluding tert-OH is 3. The summed E-state index contributed by atoms with van der Waals surface area (Å²) < 4.78 is 11.5. The second kappa shape index (κ2) is 10.4. The Bertz CT molecular complexity index is 455. The Hall–Kier alpha value is -0.110. The van der Waals surface area contributed by atoms with Crippen molar-refractivity contribution in [3.8, 4) is 0 Å². The number of hydrogen-bond donors (Lipinski definition) is 3. The molecule has 2 fully saturated rings. The molecular formula is C20H36O5S. The van der Waals surface area contributed by atoms with Gasteiger partial charge in [-0.15, -0.1) is 11.8 Å². The van der Waals surface area contributed by atoms with Crippen molar-refractivity contribution in [1.29, 1.82) is 0 Å². The third-order valence-corrected chi connectivity index (χ3v) is 6.69. The molecule has 0 saturated carbocycles. The van der Waals surface area contributed by atoms with Gasteiger partial charge in [0.1, 0.15) is 6.10 Å². The molecule has 0 spiro atoms. The quantitative estimate of drug-likeness (QED) is 0.394. The Kier molecular flexibility index (Phi) is 8.91. The van der Waals surface area contributed by atoms with Gasteiger partial charge in [0.2, 0.25) is 0 Å². The van der Waals surface area contributed by atoms with Gasteiger partial charge in [0, 0.05) is 11.8 Å². The first kappa shape index (κ1) is 22.2. The van der Waals surface area contributed by atoms with E-state index in [1.54, 1.807) is 18.7 Å². The van der Waals surface area contributed by atoms with Crippen LogP contribution in [0.3, 0.4) is 0 Å². The number of epoxide rings is 1. The molecule has 8 atom stereocenters. The first-order valence-corrected chi connectivity index (χ1v) is 11.0. The summed E-state index contributed by atoms with van der Waals surface area (Å²) in [6.07, 6.45) is 1.37. The molecule has 26 heavy (non-hydrogen) atoms. The average molecular weight is 389 g/mol. The maximum absolute atomic E-state index is 10.5. The molecule has 2 aliphatic rings. The van der Waals surface area contributed by atoms with Crippen LogP contribution < -0.4 is 0 Å². The van der Waals surface area contributed by atoms with Gasteiger partial charge in [-0.2, -0.15) is 0 Å². The van der Waals surface area contributed by atoms with E-state index < -0.39 is 18.3 Å². The van der Waals surface area contributed by atoms with Crippen LogP contribution in [-0.4, -0.2) is 64.3 Å². The van der Waals surface area contributed by atoms with Gasteiger partial charge in [0.05, 0.1) is 37.1 Å². The Balaban J connectivity index is 1.77. The van der Waals surface area contributed by atoms with Crippen LogP contribution >= 0.6 is 11.8 Å². The van der Waals surface area contributed by atoms with E-state index in [1.165, 1.54) is 18.4 Å². The Labute approximate surface area is 162 Å². The highest BCUT2D eigenvalue weighted by Gasteiger charge is 2.48. The molecule has 1 unspecified atom stereocenters. The monoisotopic (exact) mass is 388 g/mol. The molecule has 0 aliphatic carbocycles.